The van der Waals surface area contributed by atoms with E-state index in [1.54, 1.807) is 7.11 Å². The molecule has 1 unspecified atom stereocenters. The molecule has 4 nitrogen and oxygen atoms in total. The summed E-state index contributed by atoms with van der Waals surface area (Å²) in [5.41, 5.74) is 7.77. The summed E-state index contributed by atoms with van der Waals surface area (Å²) >= 11 is 0. The molecular formula is C16H25ClN2O2. The van der Waals surface area contributed by atoms with Crippen molar-refractivity contribution in [3.63, 3.8) is 0 Å². The second-order valence-corrected chi connectivity index (χ2v) is 6.20. The lowest BCUT2D eigenvalue weighted by Crippen LogP contribution is -2.54. The molecule has 5 heteroatoms. The van der Waals surface area contributed by atoms with Crippen LogP contribution in [-0.4, -0.2) is 37.0 Å². The summed E-state index contributed by atoms with van der Waals surface area (Å²) in [6, 6.07) is 7.80. The number of nitrogens with zero attached hydrogens (tertiary/aromatic N) is 1. The number of halogens is 1. The van der Waals surface area contributed by atoms with E-state index >= 15 is 0 Å². The van der Waals surface area contributed by atoms with E-state index in [9.17, 15) is 4.79 Å². The molecule has 1 aromatic rings. The van der Waals surface area contributed by atoms with Gasteiger partial charge in [-0.2, -0.15) is 0 Å². The lowest BCUT2D eigenvalue weighted by molar-refractivity contribution is 0.0529. The van der Waals surface area contributed by atoms with Gasteiger partial charge in [0.25, 0.3) is 5.91 Å². The van der Waals surface area contributed by atoms with Gasteiger partial charge in [-0.25, -0.2) is 0 Å². The van der Waals surface area contributed by atoms with Gasteiger partial charge in [-0.3, -0.25) is 4.79 Å². The van der Waals surface area contributed by atoms with Gasteiger partial charge in [0, 0.05) is 31.8 Å². The van der Waals surface area contributed by atoms with Crippen LogP contribution < -0.4 is 5.73 Å². The molecule has 1 heterocycles. The van der Waals surface area contributed by atoms with Gasteiger partial charge in [0.05, 0.1) is 6.61 Å². The van der Waals surface area contributed by atoms with E-state index in [2.05, 4.69) is 13.8 Å². The van der Waals surface area contributed by atoms with Crippen LogP contribution in [0.25, 0.3) is 0 Å². The number of nitrogens with two attached hydrogens (primary N) is 1. The van der Waals surface area contributed by atoms with Crippen LogP contribution in [0.3, 0.4) is 0 Å². The number of carbonyl (C=O) groups excluding carboxylic acids is 1. The molecule has 0 saturated carbocycles. The molecule has 1 saturated heterocycles. The maximum atomic E-state index is 12.7. The Hall–Kier alpha value is -1.10. The second kappa shape index (κ2) is 7.25. The van der Waals surface area contributed by atoms with E-state index in [1.807, 2.05) is 29.2 Å². The predicted molar refractivity (Wildman–Crippen MR) is 86.7 cm³/mol. The summed E-state index contributed by atoms with van der Waals surface area (Å²) in [7, 11) is 1.64. The van der Waals surface area contributed by atoms with Crippen molar-refractivity contribution in [3.8, 4) is 0 Å². The number of carbonyl (C=O) groups is 1. The summed E-state index contributed by atoms with van der Waals surface area (Å²) in [4.78, 5) is 14.6. The zero-order valence-corrected chi connectivity index (χ0v) is 13.8. The van der Waals surface area contributed by atoms with E-state index in [4.69, 9.17) is 10.5 Å². The third kappa shape index (κ3) is 3.96. The maximum Gasteiger partial charge on any atom is 0.254 e. The highest BCUT2D eigenvalue weighted by atomic mass is 35.5. The number of likely N-dealkylation sites (tertiary alicyclic amines) is 1. The van der Waals surface area contributed by atoms with Gasteiger partial charge in [-0.05, 0) is 23.5 Å². The highest BCUT2D eigenvalue weighted by molar-refractivity contribution is 5.95. The molecule has 0 aromatic heterocycles. The van der Waals surface area contributed by atoms with E-state index in [0.717, 1.165) is 24.1 Å². The Morgan fingerprint density at radius 3 is 2.71 bits per heavy atom. The largest absolute Gasteiger partial charge is 0.380 e. The van der Waals surface area contributed by atoms with Gasteiger partial charge in [0.15, 0.2) is 0 Å². The lowest BCUT2D eigenvalue weighted by atomic mass is 9.79. The zero-order valence-electron chi connectivity index (χ0n) is 13.0. The molecule has 21 heavy (non-hydrogen) atoms. The Kier molecular flexibility index (Phi) is 6.20. The molecule has 2 rings (SSSR count). The average molecular weight is 313 g/mol. The van der Waals surface area contributed by atoms with Crippen molar-refractivity contribution in [1.82, 2.24) is 4.90 Å². The fraction of sp³-hybridized carbons (Fsp3) is 0.562. The highest BCUT2D eigenvalue weighted by Crippen LogP contribution is 2.29. The molecule has 118 valence electrons. The van der Waals surface area contributed by atoms with Crippen molar-refractivity contribution in [2.45, 2.75) is 32.9 Å². The second-order valence-electron chi connectivity index (χ2n) is 6.20. The summed E-state index contributed by atoms with van der Waals surface area (Å²) in [6.07, 6.45) is 0.852. The molecular weight excluding hydrogens is 288 g/mol. The minimum Gasteiger partial charge on any atom is -0.380 e. The number of benzene rings is 1. The SMILES string of the molecule is COCc1ccccc1C(=O)N1CCC(N)C(C)(C)C1.Cl. The van der Waals surface area contributed by atoms with Crippen LogP contribution in [0.1, 0.15) is 36.2 Å². The van der Waals surface area contributed by atoms with Gasteiger partial charge in [0.1, 0.15) is 0 Å². The summed E-state index contributed by atoms with van der Waals surface area (Å²) < 4.78 is 5.17. The summed E-state index contributed by atoms with van der Waals surface area (Å²) in [6.45, 7) is 6.13. The van der Waals surface area contributed by atoms with E-state index in [0.29, 0.717) is 13.2 Å². The first-order valence-electron chi connectivity index (χ1n) is 7.07. The zero-order chi connectivity index (χ0) is 14.8. The minimum atomic E-state index is -0.0376. The monoisotopic (exact) mass is 312 g/mol. The molecule has 1 aliphatic rings. The van der Waals surface area contributed by atoms with Crippen molar-refractivity contribution in [3.05, 3.63) is 35.4 Å². The molecule has 1 aromatic carbocycles. The highest BCUT2D eigenvalue weighted by Gasteiger charge is 2.35. The first-order chi connectivity index (χ1) is 9.45. The molecule has 0 aliphatic carbocycles. The number of ether oxygens (including phenoxy) is 1. The lowest BCUT2D eigenvalue weighted by Gasteiger charge is -2.42. The molecule has 1 atom stereocenters. The van der Waals surface area contributed by atoms with Crippen LogP contribution in [-0.2, 0) is 11.3 Å². The van der Waals surface area contributed by atoms with Crippen LogP contribution in [0.15, 0.2) is 24.3 Å². The number of hydrogen-bond acceptors (Lipinski definition) is 3. The number of amides is 1. The molecule has 2 N–H and O–H groups in total. The summed E-state index contributed by atoms with van der Waals surface area (Å²) in [5.74, 6) is 0.0811. The van der Waals surface area contributed by atoms with E-state index in [1.165, 1.54) is 0 Å². The third-order valence-electron chi connectivity index (χ3n) is 4.15. The Morgan fingerprint density at radius 1 is 1.43 bits per heavy atom. The number of rotatable bonds is 3. The van der Waals surface area contributed by atoms with Crippen molar-refractivity contribution < 1.29 is 9.53 Å². The quantitative estimate of drug-likeness (QED) is 0.932. The van der Waals surface area contributed by atoms with Gasteiger partial charge < -0.3 is 15.4 Å². The molecule has 1 aliphatic heterocycles. The smallest absolute Gasteiger partial charge is 0.254 e. The maximum absolute atomic E-state index is 12.7. The Balaban J connectivity index is 0.00000220. The minimum absolute atomic E-state index is 0. The van der Waals surface area contributed by atoms with Gasteiger partial charge >= 0.3 is 0 Å². The Morgan fingerprint density at radius 2 is 2.10 bits per heavy atom. The van der Waals surface area contributed by atoms with Crippen molar-refractivity contribution in [1.29, 1.82) is 0 Å². The van der Waals surface area contributed by atoms with Crippen LogP contribution in [0.5, 0.6) is 0 Å². The first kappa shape index (κ1) is 18.0. The standard InChI is InChI=1S/C16H24N2O2.ClH/c1-16(2)11-18(9-8-14(16)17)15(19)13-7-5-4-6-12(13)10-20-3;/h4-7,14H,8-11,17H2,1-3H3;1H. The topological polar surface area (TPSA) is 55.6 Å². The molecule has 0 radical (unpaired) electrons. The number of piperidine rings is 1. The van der Waals surface area contributed by atoms with E-state index in [-0.39, 0.29) is 29.8 Å². The molecule has 0 spiro atoms. The van der Waals surface area contributed by atoms with Crippen LogP contribution in [0.2, 0.25) is 0 Å². The van der Waals surface area contributed by atoms with Crippen molar-refractivity contribution >= 4 is 18.3 Å². The number of methoxy groups -OCH3 is 1. The van der Waals surface area contributed by atoms with Gasteiger partial charge in [-0.1, -0.05) is 32.0 Å². The third-order valence-corrected chi connectivity index (χ3v) is 4.15. The van der Waals surface area contributed by atoms with Crippen LogP contribution in [0, 0.1) is 5.41 Å². The Bertz CT molecular complexity index is 491. The molecule has 1 fully saturated rings. The predicted octanol–water partition coefficient (Wildman–Crippen LogP) is 2.45. The Labute approximate surface area is 133 Å². The molecule has 0 bridgehead atoms. The fourth-order valence-corrected chi connectivity index (χ4v) is 2.73. The summed E-state index contributed by atoms with van der Waals surface area (Å²) in [5, 5.41) is 0. The van der Waals surface area contributed by atoms with E-state index < -0.39 is 0 Å². The van der Waals surface area contributed by atoms with Crippen molar-refractivity contribution in [2.24, 2.45) is 11.1 Å². The normalized spacial score (nSPS) is 20.8. The average Bonchev–Trinajstić information content (AvgIpc) is 2.42. The fourth-order valence-electron chi connectivity index (χ4n) is 2.73. The van der Waals surface area contributed by atoms with Gasteiger partial charge in [0.2, 0.25) is 0 Å². The van der Waals surface area contributed by atoms with Crippen LogP contribution >= 0.6 is 12.4 Å². The van der Waals surface area contributed by atoms with Crippen molar-refractivity contribution in [2.75, 3.05) is 20.2 Å². The van der Waals surface area contributed by atoms with Gasteiger partial charge in [-0.15, -0.1) is 12.4 Å². The van der Waals surface area contributed by atoms with Crippen LogP contribution in [0.4, 0.5) is 0 Å². The number of hydrogen-bond donors (Lipinski definition) is 1. The first-order valence-corrected chi connectivity index (χ1v) is 7.07. The molecule has 1 amide bonds.